The van der Waals surface area contributed by atoms with Gasteiger partial charge in [-0.15, -0.1) is 0 Å². The standard InChI is InChI=1S/C22H26N2O3/c1-15(2)27-20-10-6-17(7-11-20)13-23-22(26)18-12-21(25)24(14-18)19-8-4-16(3)5-9-19/h4-11,15,18H,12-14H2,1-3H3,(H,23,26)/t18-/m0/s1. The lowest BCUT2D eigenvalue weighted by Crippen LogP contribution is -2.32. The van der Waals surface area contributed by atoms with Crippen LogP contribution in [-0.2, 0) is 16.1 Å². The predicted octanol–water partition coefficient (Wildman–Crippen LogP) is 3.45. The summed E-state index contributed by atoms with van der Waals surface area (Å²) in [5.74, 6) is 0.409. The molecule has 27 heavy (non-hydrogen) atoms. The molecule has 0 unspecified atom stereocenters. The summed E-state index contributed by atoms with van der Waals surface area (Å²) in [6.07, 6.45) is 0.382. The topological polar surface area (TPSA) is 58.6 Å². The Balaban J connectivity index is 1.54. The molecule has 0 radical (unpaired) electrons. The minimum absolute atomic E-state index is 0.00538. The molecule has 3 rings (SSSR count). The van der Waals surface area contributed by atoms with E-state index in [-0.39, 0.29) is 30.3 Å². The van der Waals surface area contributed by atoms with E-state index in [0.717, 1.165) is 22.6 Å². The molecule has 1 saturated heterocycles. The molecule has 0 aromatic heterocycles. The SMILES string of the molecule is Cc1ccc(N2C[C@@H](C(=O)NCc3ccc(OC(C)C)cc3)CC2=O)cc1. The van der Waals surface area contributed by atoms with E-state index in [1.54, 1.807) is 4.90 Å². The second-order valence-corrected chi connectivity index (χ2v) is 7.27. The van der Waals surface area contributed by atoms with Gasteiger partial charge in [-0.1, -0.05) is 29.8 Å². The second kappa shape index (κ2) is 8.25. The second-order valence-electron chi connectivity index (χ2n) is 7.27. The van der Waals surface area contributed by atoms with Gasteiger partial charge in [-0.3, -0.25) is 9.59 Å². The molecule has 0 saturated carbocycles. The predicted molar refractivity (Wildman–Crippen MR) is 106 cm³/mol. The van der Waals surface area contributed by atoms with Crippen LogP contribution >= 0.6 is 0 Å². The summed E-state index contributed by atoms with van der Waals surface area (Å²) in [6, 6.07) is 15.5. The Hall–Kier alpha value is -2.82. The number of rotatable bonds is 6. The van der Waals surface area contributed by atoms with E-state index in [0.29, 0.717) is 13.1 Å². The minimum Gasteiger partial charge on any atom is -0.491 e. The Kier molecular flexibility index (Phi) is 5.79. The fourth-order valence-electron chi connectivity index (χ4n) is 3.15. The first-order chi connectivity index (χ1) is 12.9. The molecule has 2 aromatic carbocycles. The third kappa shape index (κ3) is 4.88. The average Bonchev–Trinajstić information content (AvgIpc) is 3.03. The smallest absolute Gasteiger partial charge is 0.227 e. The third-order valence-electron chi connectivity index (χ3n) is 4.60. The van der Waals surface area contributed by atoms with Crippen molar-refractivity contribution in [1.29, 1.82) is 0 Å². The Morgan fingerprint density at radius 3 is 2.44 bits per heavy atom. The average molecular weight is 366 g/mol. The summed E-state index contributed by atoms with van der Waals surface area (Å²) in [7, 11) is 0. The van der Waals surface area contributed by atoms with Crippen molar-refractivity contribution < 1.29 is 14.3 Å². The molecular formula is C22H26N2O3. The van der Waals surface area contributed by atoms with Crippen molar-refractivity contribution in [3.8, 4) is 5.75 Å². The summed E-state index contributed by atoms with van der Waals surface area (Å²) in [5, 5.41) is 2.94. The number of carbonyl (C=O) groups is 2. The number of benzene rings is 2. The number of carbonyl (C=O) groups excluding carboxylic acids is 2. The molecule has 5 heteroatoms. The summed E-state index contributed by atoms with van der Waals surface area (Å²) in [4.78, 5) is 26.5. The lowest BCUT2D eigenvalue weighted by molar-refractivity contribution is -0.126. The molecule has 1 aliphatic heterocycles. The van der Waals surface area contributed by atoms with Gasteiger partial charge >= 0.3 is 0 Å². The third-order valence-corrected chi connectivity index (χ3v) is 4.60. The van der Waals surface area contributed by atoms with Gasteiger partial charge in [-0.2, -0.15) is 0 Å². The van der Waals surface area contributed by atoms with Crippen LogP contribution in [0.2, 0.25) is 0 Å². The number of amides is 2. The van der Waals surface area contributed by atoms with Crippen LogP contribution in [0.5, 0.6) is 5.75 Å². The number of aryl methyl sites for hydroxylation is 1. The minimum atomic E-state index is -0.317. The van der Waals surface area contributed by atoms with Crippen LogP contribution in [0.1, 0.15) is 31.4 Å². The van der Waals surface area contributed by atoms with Gasteiger partial charge in [-0.05, 0) is 50.6 Å². The first-order valence-electron chi connectivity index (χ1n) is 9.32. The van der Waals surface area contributed by atoms with Crippen LogP contribution in [0.3, 0.4) is 0 Å². The highest BCUT2D eigenvalue weighted by Crippen LogP contribution is 2.25. The van der Waals surface area contributed by atoms with E-state index in [4.69, 9.17) is 4.74 Å². The molecule has 1 heterocycles. The maximum absolute atomic E-state index is 12.5. The molecule has 0 aliphatic carbocycles. The molecular weight excluding hydrogens is 340 g/mol. The molecule has 0 spiro atoms. The van der Waals surface area contributed by atoms with Gasteiger partial charge in [0.15, 0.2) is 0 Å². The first-order valence-corrected chi connectivity index (χ1v) is 9.32. The van der Waals surface area contributed by atoms with E-state index in [9.17, 15) is 9.59 Å². The molecule has 1 fully saturated rings. The Morgan fingerprint density at radius 2 is 1.81 bits per heavy atom. The normalized spacial score (nSPS) is 16.7. The Morgan fingerprint density at radius 1 is 1.15 bits per heavy atom. The highest BCUT2D eigenvalue weighted by molar-refractivity contribution is 6.00. The molecule has 1 N–H and O–H groups in total. The zero-order valence-electron chi connectivity index (χ0n) is 16.1. The van der Waals surface area contributed by atoms with Crippen molar-refractivity contribution in [2.45, 2.75) is 39.8 Å². The fraction of sp³-hybridized carbons (Fsp3) is 0.364. The van der Waals surface area contributed by atoms with Crippen LogP contribution in [0, 0.1) is 12.8 Å². The first kappa shape index (κ1) is 19.0. The van der Waals surface area contributed by atoms with Gasteiger partial charge in [0.25, 0.3) is 0 Å². The number of ether oxygens (including phenoxy) is 1. The lowest BCUT2D eigenvalue weighted by atomic mass is 10.1. The highest BCUT2D eigenvalue weighted by Gasteiger charge is 2.34. The monoisotopic (exact) mass is 366 g/mol. The van der Waals surface area contributed by atoms with Gasteiger partial charge in [0, 0.05) is 25.2 Å². The van der Waals surface area contributed by atoms with Gasteiger partial charge in [0.1, 0.15) is 5.75 Å². The molecule has 1 aliphatic rings. The zero-order chi connectivity index (χ0) is 19.4. The number of hydrogen-bond acceptors (Lipinski definition) is 3. The van der Waals surface area contributed by atoms with Gasteiger partial charge in [-0.25, -0.2) is 0 Å². The molecule has 142 valence electrons. The van der Waals surface area contributed by atoms with Gasteiger partial charge in [0.05, 0.1) is 12.0 Å². The van der Waals surface area contributed by atoms with E-state index >= 15 is 0 Å². The largest absolute Gasteiger partial charge is 0.491 e. The van der Waals surface area contributed by atoms with E-state index in [1.807, 2.05) is 69.3 Å². The summed E-state index contributed by atoms with van der Waals surface area (Å²) in [5.41, 5.74) is 2.99. The van der Waals surface area contributed by atoms with Gasteiger partial charge < -0.3 is 15.0 Å². The molecule has 5 nitrogen and oxygen atoms in total. The van der Waals surface area contributed by atoms with Crippen molar-refractivity contribution >= 4 is 17.5 Å². The Labute approximate surface area is 160 Å². The van der Waals surface area contributed by atoms with E-state index in [1.165, 1.54) is 0 Å². The van der Waals surface area contributed by atoms with E-state index < -0.39 is 0 Å². The maximum Gasteiger partial charge on any atom is 0.227 e. The summed E-state index contributed by atoms with van der Waals surface area (Å²) in [6.45, 7) is 6.84. The molecule has 1 atom stereocenters. The van der Waals surface area contributed by atoms with Crippen molar-refractivity contribution in [1.82, 2.24) is 5.32 Å². The molecule has 0 bridgehead atoms. The number of nitrogens with one attached hydrogen (secondary N) is 1. The van der Waals surface area contributed by atoms with Crippen LogP contribution in [0.25, 0.3) is 0 Å². The summed E-state index contributed by atoms with van der Waals surface area (Å²) < 4.78 is 5.62. The van der Waals surface area contributed by atoms with Crippen molar-refractivity contribution in [3.63, 3.8) is 0 Å². The molecule has 2 aromatic rings. The summed E-state index contributed by atoms with van der Waals surface area (Å²) >= 11 is 0. The van der Waals surface area contributed by atoms with Gasteiger partial charge in [0.2, 0.25) is 11.8 Å². The Bertz CT molecular complexity index is 797. The highest BCUT2D eigenvalue weighted by atomic mass is 16.5. The van der Waals surface area contributed by atoms with E-state index in [2.05, 4.69) is 5.32 Å². The molecule has 2 amide bonds. The maximum atomic E-state index is 12.5. The zero-order valence-corrected chi connectivity index (χ0v) is 16.1. The van der Waals surface area contributed by atoms with Crippen LogP contribution in [0.15, 0.2) is 48.5 Å². The van der Waals surface area contributed by atoms with Crippen LogP contribution < -0.4 is 15.0 Å². The number of nitrogens with zero attached hydrogens (tertiary/aromatic N) is 1. The van der Waals surface area contributed by atoms with Crippen LogP contribution in [-0.4, -0.2) is 24.5 Å². The number of anilines is 1. The van der Waals surface area contributed by atoms with Crippen molar-refractivity contribution in [2.75, 3.05) is 11.4 Å². The van der Waals surface area contributed by atoms with Crippen molar-refractivity contribution in [3.05, 3.63) is 59.7 Å². The fourth-order valence-corrected chi connectivity index (χ4v) is 3.15. The quantitative estimate of drug-likeness (QED) is 0.852. The number of hydrogen-bond donors (Lipinski definition) is 1. The van der Waals surface area contributed by atoms with Crippen LogP contribution in [0.4, 0.5) is 5.69 Å². The lowest BCUT2D eigenvalue weighted by Gasteiger charge is -2.17. The van der Waals surface area contributed by atoms with Crippen molar-refractivity contribution in [2.24, 2.45) is 5.92 Å².